The van der Waals surface area contributed by atoms with Crippen LogP contribution in [0.15, 0.2) is 0 Å². The van der Waals surface area contributed by atoms with Gasteiger partial charge < -0.3 is 9.47 Å². The van der Waals surface area contributed by atoms with E-state index in [4.69, 9.17) is 9.47 Å². The quantitative estimate of drug-likeness (QED) is 0.792. The van der Waals surface area contributed by atoms with Crippen LogP contribution < -0.4 is 0 Å². The topological polar surface area (TPSA) is 51.7 Å². The number of aromatic nitrogens is 1. The first-order valence-corrected chi connectivity index (χ1v) is 7.45. The van der Waals surface area contributed by atoms with Crippen molar-refractivity contribution in [2.75, 3.05) is 32.8 Å². The van der Waals surface area contributed by atoms with Crippen molar-refractivity contribution in [3.8, 4) is 0 Å². The summed E-state index contributed by atoms with van der Waals surface area (Å²) in [5, 5.41) is 0.874. The lowest BCUT2D eigenvalue weighted by Crippen LogP contribution is -2.38. The molecule has 0 N–H and O–H groups in total. The lowest BCUT2D eigenvalue weighted by atomic mass is 10.3. The predicted molar refractivity (Wildman–Crippen MR) is 73.6 cm³/mol. The highest BCUT2D eigenvalue weighted by atomic mass is 32.1. The summed E-state index contributed by atoms with van der Waals surface area (Å²) < 4.78 is 10.8. The Morgan fingerprint density at radius 3 is 3.05 bits per heavy atom. The Morgan fingerprint density at radius 2 is 2.37 bits per heavy atom. The van der Waals surface area contributed by atoms with Crippen molar-refractivity contribution in [3.63, 3.8) is 0 Å². The number of likely N-dealkylation sites (N-methyl/N-ethyl adjacent to an activating group) is 1. The molecule has 0 radical (unpaired) electrons. The predicted octanol–water partition coefficient (Wildman–Crippen LogP) is 2.02. The van der Waals surface area contributed by atoms with Gasteiger partial charge in [-0.15, -0.1) is 11.3 Å². The second kappa shape index (κ2) is 6.45. The number of hydrogen-bond acceptors (Lipinski definition) is 6. The number of carbonyl (C=O) groups excluding carboxylic acids is 1. The minimum absolute atomic E-state index is 0.0272. The van der Waals surface area contributed by atoms with Gasteiger partial charge in [-0.2, -0.15) is 0 Å². The van der Waals surface area contributed by atoms with Crippen LogP contribution in [0, 0.1) is 6.92 Å². The van der Waals surface area contributed by atoms with Crippen LogP contribution >= 0.6 is 11.3 Å². The summed E-state index contributed by atoms with van der Waals surface area (Å²) >= 11 is 1.52. The zero-order valence-electron chi connectivity index (χ0n) is 11.6. The summed E-state index contributed by atoms with van der Waals surface area (Å²) in [4.78, 5) is 19.4. The molecule has 1 fully saturated rings. The Balaban J connectivity index is 2.13. The molecule has 0 bridgehead atoms. The summed E-state index contributed by atoms with van der Waals surface area (Å²) in [6, 6.07) is 0. The largest absolute Gasteiger partial charge is 0.461 e. The van der Waals surface area contributed by atoms with E-state index < -0.39 is 0 Å². The van der Waals surface area contributed by atoms with Crippen molar-refractivity contribution in [1.29, 1.82) is 0 Å². The maximum atomic E-state index is 11.8. The van der Waals surface area contributed by atoms with Gasteiger partial charge in [-0.3, -0.25) is 4.90 Å². The molecule has 1 aromatic rings. The molecule has 1 unspecified atom stereocenters. The highest BCUT2D eigenvalue weighted by molar-refractivity contribution is 7.11. The van der Waals surface area contributed by atoms with Crippen LogP contribution in [0.4, 0.5) is 0 Å². The summed E-state index contributed by atoms with van der Waals surface area (Å²) in [6.07, 6.45) is -0.0272. The Hall–Kier alpha value is -0.980. The Kier molecular flexibility index (Phi) is 4.90. The van der Waals surface area contributed by atoms with Gasteiger partial charge in [-0.05, 0) is 20.4 Å². The monoisotopic (exact) mass is 284 g/mol. The van der Waals surface area contributed by atoms with Crippen LogP contribution in [-0.4, -0.2) is 48.7 Å². The second-order valence-corrected chi connectivity index (χ2v) is 5.66. The number of hydrogen-bond donors (Lipinski definition) is 0. The first kappa shape index (κ1) is 14.4. The molecule has 0 aliphatic carbocycles. The molecule has 1 atom stereocenters. The first-order valence-electron chi connectivity index (χ1n) is 6.64. The van der Waals surface area contributed by atoms with Crippen molar-refractivity contribution in [2.45, 2.75) is 26.9 Å². The average Bonchev–Trinajstić information content (AvgIpc) is 2.81. The lowest BCUT2D eigenvalue weighted by molar-refractivity contribution is -0.0283. The van der Waals surface area contributed by atoms with Crippen molar-refractivity contribution < 1.29 is 14.3 Å². The molecule has 1 aromatic heterocycles. The van der Waals surface area contributed by atoms with Crippen molar-refractivity contribution in [1.82, 2.24) is 9.88 Å². The van der Waals surface area contributed by atoms with Gasteiger partial charge in [0.1, 0.15) is 11.1 Å². The smallest absolute Gasteiger partial charge is 0.358 e. The lowest BCUT2D eigenvalue weighted by Gasteiger charge is -2.30. The molecule has 106 valence electrons. The van der Waals surface area contributed by atoms with Crippen molar-refractivity contribution in [3.05, 3.63) is 15.6 Å². The van der Waals surface area contributed by atoms with E-state index in [9.17, 15) is 4.79 Å². The number of nitrogens with zero attached hydrogens (tertiary/aromatic N) is 2. The third-order valence-electron chi connectivity index (χ3n) is 3.16. The number of carbonyl (C=O) groups is 1. The van der Waals surface area contributed by atoms with Crippen LogP contribution in [0.3, 0.4) is 0 Å². The minimum Gasteiger partial charge on any atom is -0.461 e. The van der Waals surface area contributed by atoms with Gasteiger partial charge in [-0.25, -0.2) is 9.78 Å². The molecule has 1 aliphatic rings. The molecular formula is C13H20N2O3S. The van der Waals surface area contributed by atoms with E-state index in [0.29, 0.717) is 18.9 Å². The summed E-state index contributed by atoms with van der Waals surface area (Å²) in [5.74, 6) is -0.342. The molecule has 5 nitrogen and oxygen atoms in total. The van der Waals surface area contributed by atoms with Crippen LogP contribution in [-0.2, 0) is 9.47 Å². The van der Waals surface area contributed by atoms with Gasteiger partial charge in [0.05, 0.1) is 13.2 Å². The number of thiazole rings is 1. The fourth-order valence-corrected chi connectivity index (χ4v) is 3.03. The van der Waals surface area contributed by atoms with E-state index in [-0.39, 0.29) is 12.1 Å². The Labute approximate surface area is 117 Å². The zero-order chi connectivity index (χ0) is 13.8. The third kappa shape index (κ3) is 3.32. The number of morpholine rings is 1. The Morgan fingerprint density at radius 1 is 1.58 bits per heavy atom. The van der Waals surface area contributed by atoms with E-state index in [1.807, 2.05) is 6.92 Å². The third-order valence-corrected chi connectivity index (χ3v) is 4.22. The summed E-state index contributed by atoms with van der Waals surface area (Å²) in [7, 11) is 0. The average molecular weight is 284 g/mol. The highest BCUT2D eigenvalue weighted by Gasteiger charge is 2.26. The fourth-order valence-electron chi connectivity index (χ4n) is 2.08. The molecule has 1 aliphatic heterocycles. The van der Waals surface area contributed by atoms with Crippen LogP contribution in [0.1, 0.15) is 40.3 Å². The summed E-state index contributed by atoms with van der Waals surface area (Å²) in [6.45, 7) is 9.72. The standard InChI is InChI=1S/C13H20N2O3S/c1-4-15-6-7-18-10(8-15)12-14-11(9(3)19-12)13(16)17-5-2/h10H,4-8H2,1-3H3. The summed E-state index contributed by atoms with van der Waals surface area (Å²) in [5.41, 5.74) is 0.430. The van der Waals surface area contributed by atoms with Crippen LogP contribution in [0.2, 0.25) is 0 Å². The molecule has 2 rings (SSSR count). The van der Waals surface area contributed by atoms with Crippen molar-refractivity contribution >= 4 is 17.3 Å². The molecule has 0 aromatic carbocycles. The number of ether oxygens (including phenoxy) is 2. The van der Waals surface area contributed by atoms with Crippen molar-refractivity contribution in [2.24, 2.45) is 0 Å². The normalized spacial score (nSPS) is 20.5. The SMILES string of the molecule is CCOC(=O)c1nc(C2CN(CC)CCO2)sc1C. The molecule has 2 heterocycles. The van der Waals surface area contributed by atoms with Gasteiger partial charge in [0.2, 0.25) is 0 Å². The molecule has 0 spiro atoms. The maximum absolute atomic E-state index is 11.8. The van der Waals surface area contributed by atoms with E-state index in [1.54, 1.807) is 6.92 Å². The molecule has 19 heavy (non-hydrogen) atoms. The van der Waals surface area contributed by atoms with Gasteiger partial charge in [0.15, 0.2) is 5.69 Å². The molecule has 1 saturated heterocycles. The zero-order valence-corrected chi connectivity index (χ0v) is 12.5. The molecule has 0 amide bonds. The van der Waals surface area contributed by atoms with E-state index in [2.05, 4.69) is 16.8 Å². The first-order chi connectivity index (χ1) is 9.15. The molecule has 0 saturated carbocycles. The minimum atomic E-state index is -0.342. The van der Waals surface area contributed by atoms with Gasteiger partial charge >= 0.3 is 5.97 Å². The van der Waals surface area contributed by atoms with E-state index in [0.717, 1.165) is 29.5 Å². The van der Waals surface area contributed by atoms with Gasteiger partial charge in [0, 0.05) is 18.0 Å². The van der Waals surface area contributed by atoms with E-state index >= 15 is 0 Å². The Bertz CT molecular complexity index is 447. The van der Waals surface area contributed by atoms with E-state index in [1.165, 1.54) is 11.3 Å². The maximum Gasteiger partial charge on any atom is 0.358 e. The van der Waals surface area contributed by atoms with Crippen LogP contribution in [0.25, 0.3) is 0 Å². The molecule has 6 heteroatoms. The fraction of sp³-hybridized carbons (Fsp3) is 0.692. The number of esters is 1. The second-order valence-electron chi connectivity index (χ2n) is 4.43. The number of rotatable bonds is 4. The van der Waals surface area contributed by atoms with Crippen LogP contribution in [0.5, 0.6) is 0 Å². The van der Waals surface area contributed by atoms with Gasteiger partial charge in [0.25, 0.3) is 0 Å². The number of aryl methyl sites for hydroxylation is 1. The molecular weight excluding hydrogens is 264 g/mol. The van der Waals surface area contributed by atoms with Gasteiger partial charge in [-0.1, -0.05) is 6.92 Å². The highest BCUT2D eigenvalue weighted by Crippen LogP contribution is 2.28.